The number of carbonyl (C=O) groups excluding carboxylic acids is 1. The van der Waals surface area contributed by atoms with Crippen molar-refractivity contribution in [3.8, 4) is 0 Å². The van der Waals surface area contributed by atoms with Crippen LogP contribution in [0.2, 0.25) is 0 Å². The fraction of sp³-hybridized carbons (Fsp3) is 0.909. The van der Waals surface area contributed by atoms with Crippen molar-refractivity contribution in [1.82, 2.24) is 10.6 Å². The van der Waals surface area contributed by atoms with E-state index in [1.54, 1.807) is 0 Å². The first-order valence-corrected chi connectivity index (χ1v) is 5.97. The Balaban J connectivity index is 3.86. The normalized spacial score (nSPS) is 12.5. The van der Waals surface area contributed by atoms with E-state index in [0.29, 0.717) is 6.61 Å². The van der Waals surface area contributed by atoms with Gasteiger partial charge in [-0.1, -0.05) is 13.3 Å². The van der Waals surface area contributed by atoms with E-state index < -0.39 is 12.1 Å². The quantitative estimate of drug-likeness (QED) is 0.450. The molecule has 0 aromatic heterocycles. The molecule has 1 unspecified atom stereocenters. The second-order valence-corrected chi connectivity index (χ2v) is 4.02. The summed E-state index contributed by atoms with van der Waals surface area (Å²) >= 11 is 0. The van der Waals surface area contributed by atoms with Gasteiger partial charge in [0.2, 0.25) is 0 Å². The maximum absolute atomic E-state index is 11.3. The zero-order valence-corrected chi connectivity index (χ0v) is 10.6. The fourth-order valence-electron chi connectivity index (χ4n) is 1.49. The van der Waals surface area contributed by atoms with Crippen LogP contribution < -0.4 is 10.6 Å². The van der Waals surface area contributed by atoms with Crippen LogP contribution in [0.4, 0.5) is 4.79 Å². The Morgan fingerprint density at radius 3 is 2.47 bits per heavy atom. The van der Waals surface area contributed by atoms with Gasteiger partial charge in [0.25, 0.3) is 0 Å². The molecular formula is C11H24N2O4. The summed E-state index contributed by atoms with van der Waals surface area (Å²) in [5.74, 6) is 0.289. The molecule has 6 nitrogen and oxygen atoms in total. The van der Waals surface area contributed by atoms with E-state index in [4.69, 9.17) is 14.9 Å². The van der Waals surface area contributed by atoms with Crippen LogP contribution in [0.15, 0.2) is 0 Å². The summed E-state index contributed by atoms with van der Waals surface area (Å²) in [6.07, 6.45) is 1.42. The highest BCUT2D eigenvalue weighted by atomic mass is 16.5. The Kier molecular flexibility index (Phi) is 9.80. The first kappa shape index (κ1) is 16.1. The van der Waals surface area contributed by atoms with Gasteiger partial charge in [0, 0.05) is 12.5 Å². The van der Waals surface area contributed by atoms with Crippen LogP contribution in [0.25, 0.3) is 0 Å². The molecule has 0 aromatic rings. The monoisotopic (exact) mass is 248 g/mol. The molecule has 0 spiro atoms. The summed E-state index contributed by atoms with van der Waals surface area (Å²) in [5.41, 5.74) is 0. The van der Waals surface area contributed by atoms with E-state index in [1.165, 1.54) is 0 Å². The van der Waals surface area contributed by atoms with Gasteiger partial charge in [-0.15, -0.1) is 0 Å². The Hall–Kier alpha value is -0.850. The number of hydrogen-bond donors (Lipinski definition) is 4. The lowest BCUT2D eigenvalue weighted by atomic mass is 10.1. The van der Waals surface area contributed by atoms with Gasteiger partial charge in [0.05, 0.1) is 25.9 Å². The molecule has 4 N–H and O–H groups in total. The van der Waals surface area contributed by atoms with E-state index in [2.05, 4.69) is 17.6 Å². The molecule has 0 radical (unpaired) electrons. The zero-order valence-electron chi connectivity index (χ0n) is 10.6. The Morgan fingerprint density at radius 1 is 1.35 bits per heavy atom. The van der Waals surface area contributed by atoms with Crippen molar-refractivity contribution in [2.75, 3.05) is 33.4 Å². The number of alkyl carbamates (subject to hydrolysis) is 1. The average molecular weight is 248 g/mol. The molecule has 1 atom stereocenters. The summed E-state index contributed by atoms with van der Waals surface area (Å²) in [6.45, 7) is 2.60. The summed E-state index contributed by atoms with van der Waals surface area (Å²) in [7, 11) is 1.86. The van der Waals surface area contributed by atoms with Gasteiger partial charge >= 0.3 is 6.09 Å². The van der Waals surface area contributed by atoms with Crippen LogP contribution in [0.1, 0.15) is 19.8 Å². The van der Waals surface area contributed by atoms with Crippen LogP contribution >= 0.6 is 0 Å². The van der Waals surface area contributed by atoms with Crippen LogP contribution in [0, 0.1) is 5.92 Å². The van der Waals surface area contributed by atoms with E-state index in [1.807, 2.05) is 7.05 Å². The zero-order chi connectivity index (χ0) is 13.1. The van der Waals surface area contributed by atoms with Crippen LogP contribution in [-0.4, -0.2) is 55.8 Å². The lowest BCUT2D eigenvalue weighted by molar-refractivity contribution is 0.106. The molecule has 0 saturated carbocycles. The number of rotatable bonds is 9. The SMILES string of the molecule is CCCC(CNC)COC(=O)NC(CO)CO. The minimum Gasteiger partial charge on any atom is -0.449 e. The van der Waals surface area contributed by atoms with E-state index in [-0.39, 0.29) is 19.1 Å². The lowest BCUT2D eigenvalue weighted by Gasteiger charge is -2.18. The van der Waals surface area contributed by atoms with Gasteiger partial charge < -0.3 is 25.6 Å². The van der Waals surface area contributed by atoms with Crippen molar-refractivity contribution in [3.63, 3.8) is 0 Å². The first-order chi connectivity index (χ1) is 8.17. The molecule has 0 aliphatic heterocycles. The molecule has 0 aliphatic rings. The van der Waals surface area contributed by atoms with Gasteiger partial charge in [-0.3, -0.25) is 0 Å². The Morgan fingerprint density at radius 2 is 2.00 bits per heavy atom. The van der Waals surface area contributed by atoms with Crippen molar-refractivity contribution < 1.29 is 19.7 Å². The Labute approximate surface area is 102 Å². The third kappa shape index (κ3) is 7.95. The minimum atomic E-state index is -0.656. The molecule has 0 rings (SSSR count). The van der Waals surface area contributed by atoms with E-state index >= 15 is 0 Å². The molecule has 0 fully saturated rings. The third-order valence-electron chi connectivity index (χ3n) is 2.40. The maximum atomic E-state index is 11.3. The molecule has 17 heavy (non-hydrogen) atoms. The number of hydrogen-bond acceptors (Lipinski definition) is 5. The number of aliphatic hydroxyl groups is 2. The van der Waals surface area contributed by atoms with Crippen LogP contribution in [-0.2, 0) is 4.74 Å². The number of nitrogens with one attached hydrogen (secondary N) is 2. The molecule has 0 heterocycles. The summed E-state index contributed by atoms with van der Waals surface area (Å²) < 4.78 is 5.03. The molecule has 102 valence electrons. The van der Waals surface area contributed by atoms with Crippen molar-refractivity contribution >= 4 is 6.09 Å². The highest BCUT2D eigenvalue weighted by Gasteiger charge is 2.13. The number of aliphatic hydroxyl groups excluding tert-OH is 2. The molecule has 6 heteroatoms. The smallest absolute Gasteiger partial charge is 0.407 e. The highest BCUT2D eigenvalue weighted by molar-refractivity contribution is 5.67. The molecule has 0 aromatic carbocycles. The number of carbonyl (C=O) groups is 1. The van der Waals surface area contributed by atoms with Crippen molar-refractivity contribution in [3.05, 3.63) is 0 Å². The van der Waals surface area contributed by atoms with Crippen molar-refractivity contribution in [2.24, 2.45) is 5.92 Å². The van der Waals surface area contributed by atoms with Crippen LogP contribution in [0.5, 0.6) is 0 Å². The van der Waals surface area contributed by atoms with Crippen molar-refractivity contribution in [2.45, 2.75) is 25.8 Å². The van der Waals surface area contributed by atoms with E-state index in [0.717, 1.165) is 19.4 Å². The number of amides is 1. The minimum absolute atomic E-state index is 0.289. The molecule has 0 saturated heterocycles. The first-order valence-electron chi connectivity index (χ1n) is 5.97. The molecule has 1 amide bonds. The van der Waals surface area contributed by atoms with E-state index in [9.17, 15) is 4.79 Å². The van der Waals surface area contributed by atoms with Crippen LogP contribution in [0.3, 0.4) is 0 Å². The fourth-order valence-corrected chi connectivity index (χ4v) is 1.49. The van der Waals surface area contributed by atoms with Gasteiger partial charge in [-0.05, 0) is 13.5 Å². The van der Waals surface area contributed by atoms with Gasteiger partial charge in [0.15, 0.2) is 0 Å². The highest BCUT2D eigenvalue weighted by Crippen LogP contribution is 2.05. The predicted octanol–water partition coefficient (Wildman–Crippen LogP) is -0.298. The molecule has 0 bridgehead atoms. The summed E-state index contributed by atoms with van der Waals surface area (Å²) in [6, 6.07) is -0.656. The summed E-state index contributed by atoms with van der Waals surface area (Å²) in [5, 5.41) is 23.0. The second-order valence-electron chi connectivity index (χ2n) is 4.02. The molecular weight excluding hydrogens is 224 g/mol. The van der Waals surface area contributed by atoms with Gasteiger partial charge in [-0.25, -0.2) is 4.79 Å². The maximum Gasteiger partial charge on any atom is 0.407 e. The predicted molar refractivity (Wildman–Crippen MR) is 64.8 cm³/mol. The Bertz CT molecular complexity index is 192. The average Bonchev–Trinajstić information content (AvgIpc) is 2.33. The molecule has 0 aliphatic carbocycles. The largest absolute Gasteiger partial charge is 0.449 e. The lowest BCUT2D eigenvalue weighted by Crippen LogP contribution is -2.41. The van der Waals surface area contributed by atoms with Gasteiger partial charge in [0.1, 0.15) is 0 Å². The number of ether oxygens (including phenoxy) is 1. The standard InChI is InChI=1S/C11H24N2O4/c1-3-4-9(5-12-2)8-17-11(16)13-10(6-14)7-15/h9-10,12,14-15H,3-8H2,1-2H3,(H,13,16). The topological polar surface area (TPSA) is 90.8 Å². The van der Waals surface area contributed by atoms with Gasteiger partial charge in [-0.2, -0.15) is 0 Å². The second kappa shape index (κ2) is 10.3. The summed E-state index contributed by atoms with van der Waals surface area (Å²) in [4.78, 5) is 11.3. The van der Waals surface area contributed by atoms with Crippen molar-refractivity contribution in [1.29, 1.82) is 0 Å². The third-order valence-corrected chi connectivity index (χ3v) is 2.40.